The van der Waals surface area contributed by atoms with E-state index in [0.717, 1.165) is 6.26 Å². The van der Waals surface area contributed by atoms with Crippen LogP contribution in [0.4, 0.5) is 10.1 Å². The summed E-state index contributed by atoms with van der Waals surface area (Å²) in [5.74, 6) is 0.519. The minimum atomic E-state index is -3.73. The molecule has 1 aliphatic heterocycles. The van der Waals surface area contributed by atoms with Crippen LogP contribution in [0, 0.1) is 5.82 Å². The number of hydrogen-bond acceptors (Lipinski definition) is 8. The number of amides is 1. The number of halogens is 1. The highest BCUT2D eigenvalue weighted by atomic mass is 32.2. The summed E-state index contributed by atoms with van der Waals surface area (Å²) < 4.78 is 63.9. The monoisotopic (exact) mass is 598 g/mol. The summed E-state index contributed by atoms with van der Waals surface area (Å²) in [4.78, 5) is 13.2. The normalized spacial score (nSPS) is 17.1. The van der Waals surface area contributed by atoms with Crippen molar-refractivity contribution in [3.05, 3.63) is 77.6 Å². The summed E-state index contributed by atoms with van der Waals surface area (Å²) in [6, 6.07) is 15.9. The fourth-order valence-corrected chi connectivity index (χ4v) is 5.88. The zero-order valence-electron chi connectivity index (χ0n) is 23.3. The third-order valence-electron chi connectivity index (χ3n) is 6.87. The number of furan rings is 1. The number of fused-ring (bicyclic) bond motifs is 2. The van der Waals surface area contributed by atoms with Gasteiger partial charge in [0.1, 0.15) is 34.8 Å². The highest BCUT2D eigenvalue weighted by Crippen LogP contribution is 2.42. The summed E-state index contributed by atoms with van der Waals surface area (Å²) in [5, 5.41) is 12.2. The molecule has 0 saturated heterocycles. The third-order valence-corrected chi connectivity index (χ3v) is 8.02. The molecule has 0 unspecified atom stereocenters. The van der Waals surface area contributed by atoms with Crippen molar-refractivity contribution in [2.24, 2.45) is 0 Å². The van der Waals surface area contributed by atoms with Gasteiger partial charge in [-0.25, -0.2) is 12.8 Å². The van der Waals surface area contributed by atoms with E-state index in [2.05, 4.69) is 5.32 Å². The number of carbonyl (C=O) groups excluding carboxylic acids is 1. The SMILES string of the molecule is CNC(=O)c1c(-c2ccc(Oc3ccc(F)cc3)cc2)oc2cc3c(cc12)[C@H](C)O[C@H](COCCO)CN3S(C)(=O)=O. The lowest BCUT2D eigenvalue weighted by molar-refractivity contribution is -0.0482. The molecule has 2 atom stereocenters. The number of aliphatic hydroxyl groups is 1. The molecule has 0 spiro atoms. The Morgan fingerprint density at radius 3 is 2.40 bits per heavy atom. The molecule has 1 amide bonds. The molecule has 0 bridgehead atoms. The Morgan fingerprint density at radius 1 is 1.12 bits per heavy atom. The molecule has 0 saturated carbocycles. The average molecular weight is 599 g/mol. The van der Waals surface area contributed by atoms with Crippen LogP contribution in [-0.4, -0.2) is 65.2 Å². The number of hydrogen-bond donors (Lipinski definition) is 2. The van der Waals surface area contributed by atoms with E-state index in [0.29, 0.717) is 45.0 Å². The predicted molar refractivity (Wildman–Crippen MR) is 155 cm³/mol. The van der Waals surface area contributed by atoms with E-state index in [4.69, 9.17) is 23.7 Å². The van der Waals surface area contributed by atoms with Gasteiger partial charge in [-0.1, -0.05) is 0 Å². The van der Waals surface area contributed by atoms with Crippen molar-refractivity contribution in [2.75, 3.05) is 44.0 Å². The molecule has 10 nitrogen and oxygen atoms in total. The Hall–Kier alpha value is -3.97. The second kappa shape index (κ2) is 12.1. The number of rotatable bonds is 9. The summed E-state index contributed by atoms with van der Waals surface area (Å²) in [6.07, 6.45) is -0.0240. The van der Waals surface area contributed by atoms with E-state index < -0.39 is 22.2 Å². The van der Waals surface area contributed by atoms with Gasteiger partial charge in [0.15, 0.2) is 0 Å². The number of nitrogens with one attached hydrogen (secondary N) is 1. The van der Waals surface area contributed by atoms with Crippen molar-refractivity contribution >= 4 is 32.6 Å². The predicted octanol–water partition coefficient (Wildman–Crippen LogP) is 4.63. The first kappa shape index (κ1) is 29.5. The molecule has 1 aromatic heterocycles. The van der Waals surface area contributed by atoms with E-state index in [-0.39, 0.29) is 43.7 Å². The van der Waals surface area contributed by atoms with Gasteiger partial charge in [0, 0.05) is 29.6 Å². The van der Waals surface area contributed by atoms with Crippen LogP contribution in [0.15, 0.2) is 65.1 Å². The van der Waals surface area contributed by atoms with Crippen LogP contribution in [-0.2, 0) is 19.5 Å². The van der Waals surface area contributed by atoms with Crippen molar-refractivity contribution in [2.45, 2.75) is 19.1 Å². The Kier molecular flexibility index (Phi) is 8.50. The number of nitrogens with zero attached hydrogens (tertiary/aromatic N) is 1. The largest absolute Gasteiger partial charge is 0.457 e. The molecule has 4 aromatic rings. The zero-order chi connectivity index (χ0) is 30.0. The number of sulfonamides is 1. The lowest BCUT2D eigenvalue weighted by atomic mass is 10.0. The Bertz CT molecular complexity index is 1690. The molecule has 5 rings (SSSR count). The maximum Gasteiger partial charge on any atom is 0.255 e. The minimum Gasteiger partial charge on any atom is -0.457 e. The van der Waals surface area contributed by atoms with Crippen molar-refractivity contribution in [3.63, 3.8) is 0 Å². The fourth-order valence-electron chi connectivity index (χ4n) is 4.93. The van der Waals surface area contributed by atoms with Gasteiger partial charge < -0.3 is 29.1 Å². The first-order chi connectivity index (χ1) is 20.1. The van der Waals surface area contributed by atoms with Crippen LogP contribution in [0.3, 0.4) is 0 Å². The fraction of sp³-hybridized carbons (Fsp3) is 0.300. The minimum absolute atomic E-state index is 0.00149. The summed E-state index contributed by atoms with van der Waals surface area (Å²) in [7, 11) is -2.22. The quantitative estimate of drug-likeness (QED) is 0.267. The Morgan fingerprint density at radius 2 is 1.79 bits per heavy atom. The highest BCUT2D eigenvalue weighted by molar-refractivity contribution is 7.92. The lowest BCUT2D eigenvalue weighted by Gasteiger charge is -2.24. The summed E-state index contributed by atoms with van der Waals surface area (Å²) in [5.41, 5.74) is 2.15. The van der Waals surface area contributed by atoms with Crippen LogP contribution < -0.4 is 14.4 Å². The molecular weight excluding hydrogens is 567 g/mol. The van der Waals surface area contributed by atoms with Gasteiger partial charge in [-0.2, -0.15) is 0 Å². The smallest absolute Gasteiger partial charge is 0.255 e. The first-order valence-corrected chi connectivity index (χ1v) is 15.1. The molecule has 0 aliphatic carbocycles. The van der Waals surface area contributed by atoms with Gasteiger partial charge in [0.05, 0.1) is 50.0 Å². The average Bonchev–Trinajstić information content (AvgIpc) is 3.27. The maximum atomic E-state index is 13.2. The number of carbonyl (C=O) groups is 1. The summed E-state index contributed by atoms with van der Waals surface area (Å²) in [6.45, 7) is 1.83. The van der Waals surface area contributed by atoms with Crippen LogP contribution in [0.5, 0.6) is 11.5 Å². The van der Waals surface area contributed by atoms with Gasteiger partial charge >= 0.3 is 0 Å². The second-order valence-electron chi connectivity index (χ2n) is 9.87. The number of ether oxygens (including phenoxy) is 3. The van der Waals surface area contributed by atoms with E-state index in [1.807, 2.05) is 0 Å². The van der Waals surface area contributed by atoms with E-state index in [9.17, 15) is 17.6 Å². The maximum absolute atomic E-state index is 13.2. The van der Waals surface area contributed by atoms with Crippen molar-refractivity contribution < 1.29 is 41.3 Å². The Balaban J connectivity index is 1.56. The van der Waals surface area contributed by atoms with Crippen molar-refractivity contribution in [1.82, 2.24) is 5.32 Å². The molecule has 2 heterocycles. The topological polar surface area (TPSA) is 128 Å². The van der Waals surface area contributed by atoms with Crippen LogP contribution in [0.25, 0.3) is 22.3 Å². The van der Waals surface area contributed by atoms with Gasteiger partial charge in [-0.05, 0) is 61.5 Å². The number of aliphatic hydroxyl groups excluding tert-OH is 1. The molecule has 1 aliphatic rings. The van der Waals surface area contributed by atoms with Gasteiger partial charge in [0.2, 0.25) is 10.0 Å². The van der Waals surface area contributed by atoms with Gasteiger partial charge in [-0.15, -0.1) is 0 Å². The van der Waals surface area contributed by atoms with E-state index in [1.54, 1.807) is 43.3 Å². The standard InChI is InChI=1S/C30H31FN2O8S/c1-18-24-14-25-27(15-26(24)33(42(3,36)37)16-23(39-18)17-38-13-12-34)41-29(28(25)30(35)32-2)19-4-8-21(9-5-19)40-22-10-6-20(31)7-11-22/h4-11,14-15,18,23,34H,12-13,16-17H2,1-3H3,(H,32,35)/t18-,23-/m0/s1. The molecule has 2 N–H and O–H groups in total. The summed E-state index contributed by atoms with van der Waals surface area (Å²) >= 11 is 0. The molecule has 12 heteroatoms. The number of benzene rings is 3. The van der Waals surface area contributed by atoms with Crippen LogP contribution in [0.1, 0.15) is 28.9 Å². The molecule has 0 radical (unpaired) electrons. The second-order valence-corrected chi connectivity index (χ2v) is 11.8. The third kappa shape index (κ3) is 6.12. The lowest BCUT2D eigenvalue weighted by Crippen LogP contribution is -2.38. The van der Waals surface area contributed by atoms with Crippen LogP contribution in [0.2, 0.25) is 0 Å². The molecule has 222 valence electrons. The number of anilines is 1. The van der Waals surface area contributed by atoms with Crippen molar-refractivity contribution in [1.29, 1.82) is 0 Å². The molecule has 3 aromatic carbocycles. The zero-order valence-corrected chi connectivity index (χ0v) is 24.1. The molecule has 42 heavy (non-hydrogen) atoms. The van der Waals surface area contributed by atoms with E-state index in [1.165, 1.54) is 35.6 Å². The van der Waals surface area contributed by atoms with Gasteiger partial charge in [-0.3, -0.25) is 9.10 Å². The Labute approximate surface area is 242 Å². The van der Waals surface area contributed by atoms with Crippen molar-refractivity contribution in [3.8, 4) is 22.8 Å². The van der Waals surface area contributed by atoms with Crippen LogP contribution >= 0.6 is 0 Å². The highest BCUT2D eigenvalue weighted by Gasteiger charge is 2.34. The van der Waals surface area contributed by atoms with E-state index >= 15 is 0 Å². The molecule has 0 fully saturated rings. The van der Waals surface area contributed by atoms with Gasteiger partial charge in [0.25, 0.3) is 5.91 Å². The first-order valence-electron chi connectivity index (χ1n) is 13.3. The molecular formula is C30H31FN2O8S.